The van der Waals surface area contributed by atoms with Crippen LogP contribution in [0.15, 0.2) is 24.1 Å². The van der Waals surface area contributed by atoms with Gasteiger partial charge in [-0.2, -0.15) is 0 Å². The van der Waals surface area contributed by atoms with Crippen molar-refractivity contribution in [1.82, 2.24) is 4.90 Å². The van der Waals surface area contributed by atoms with Crippen LogP contribution in [-0.4, -0.2) is 24.1 Å². The number of allylic oxidation sites excluding steroid dienone is 2. The van der Waals surface area contributed by atoms with Gasteiger partial charge in [-0.15, -0.1) is 0 Å². The summed E-state index contributed by atoms with van der Waals surface area (Å²) in [6.45, 7) is 3.67. The highest BCUT2D eigenvalue weighted by Gasteiger charge is 1.91. The maximum atomic E-state index is 9.07. The standard InChI is InChI=1S/C7H13NO/c1-6(2)5-7(9)8(3)4/h5,9H,1H2,2-4H3/b7-5-/i2D. The molecule has 0 amide bonds. The largest absolute Gasteiger partial charge is 0.495 e. The summed E-state index contributed by atoms with van der Waals surface area (Å²) in [7, 11) is 3.45. The zero-order valence-electron chi connectivity index (χ0n) is 6.89. The van der Waals surface area contributed by atoms with E-state index in [0.29, 0.717) is 5.57 Å². The van der Waals surface area contributed by atoms with Crippen LogP contribution in [0, 0.1) is 0 Å². The van der Waals surface area contributed by atoms with Gasteiger partial charge in [0.2, 0.25) is 0 Å². The summed E-state index contributed by atoms with van der Waals surface area (Å²) in [5.74, 6) is 0.136. The Hall–Kier alpha value is -0.920. The SMILES string of the molecule is [2H]CC(=C)/C=C(\O)N(C)C. The summed E-state index contributed by atoms with van der Waals surface area (Å²) in [5.41, 5.74) is 0.603. The smallest absolute Gasteiger partial charge is 0.186 e. The molecule has 0 radical (unpaired) electrons. The van der Waals surface area contributed by atoms with Crippen molar-refractivity contribution in [2.75, 3.05) is 14.1 Å². The van der Waals surface area contributed by atoms with Crippen LogP contribution >= 0.6 is 0 Å². The number of aliphatic hydroxyl groups excluding tert-OH is 1. The van der Waals surface area contributed by atoms with E-state index in [-0.39, 0.29) is 12.8 Å². The summed E-state index contributed by atoms with van der Waals surface area (Å²) in [6, 6.07) is 0. The molecule has 0 atom stereocenters. The van der Waals surface area contributed by atoms with E-state index in [2.05, 4.69) is 6.58 Å². The monoisotopic (exact) mass is 128 g/mol. The van der Waals surface area contributed by atoms with Gasteiger partial charge in [0.25, 0.3) is 0 Å². The van der Waals surface area contributed by atoms with Gasteiger partial charge in [0.1, 0.15) is 0 Å². The van der Waals surface area contributed by atoms with Crippen molar-refractivity contribution in [2.24, 2.45) is 0 Å². The molecule has 2 nitrogen and oxygen atoms in total. The lowest BCUT2D eigenvalue weighted by Gasteiger charge is -2.09. The Bertz CT molecular complexity index is 152. The Morgan fingerprint density at radius 3 is 2.67 bits per heavy atom. The molecule has 0 fully saturated rings. The van der Waals surface area contributed by atoms with E-state index >= 15 is 0 Å². The molecule has 52 valence electrons. The van der Waals surface area contributed by atoms with Crippen molar-refractivity contribution < 1.29 is 6.48 Å². The number of nitrogens with zero attached hydrogens (tertiary/aromatic N) is 1. The zero-order chi connectivity index (χ0) is 8.15. The predicted molar refractivity (Wildman–Crippen MR) is 39.2 cm³/mol. The van der Waals surface area contributed by atoms with E-state index in [1.54, 1.807) is 19.0 Å². The van der Waals surface area contributed by atoms with Gasteiger partial charge in [-0.25, -0.2) is 0 Å². The minimum absolute atomic E-state index is 0.123. The lowest BCUT2D eigenvalue weighted by Crippen LogP contribution is -2.09. The molecule has 0 aromatic heterocycles. The number of hydrogen-bond donors (Lipinski definition) is 1. The van der Waals surface area contributed by atoms with Crippen LogP contribution in [0.1, 0.15) is 8.27 Å². The van der Waals surface area contributed by atoms with Gasteiger partial charge in [-0.3, -0.25) is 0 Å². The molecule has 0 spiro atoms. The van der Waals surface area contributed by atoms with Gasteiger partial charge in [0.15, 0.2) is 5.88 Å². The highest BCUT2D eigenvalue weighted by molar-refractivity contribution is 5.12. The second-order valence-corrected chi connectivity index (χ2v) is 2.06. The summed E-state index contributed by atoms with van der Waals surface area (Å²) >= 11 is 0. The lowest BCUT2D eigenvalue weighted by atomic mass is 10.3. The normalized spacial score (nSPS) is 12.7. The molecule has 0 bridgehead atoms. The van der Waals surface area contributed by atoms with E-state index < -0.39 is 0 Å². The van der Waals surface area contributed by atoms with Crippen molar-refractivity contribution in [2.45, 2.75) is 6.90 Å². The predicted octanol–water partition coefficient (Wildman–Crippen LogP) is 1.52. The highest BCUT2D eigenvalue weighted by atomic mass is 16.3. The van der Waals surface area contributed by atoms with Gasteiger partial charge < -0.3 is 10.0 Å². The average molecular weight is 128 g/mol. The summed E-state index contributed by atoms with van der Waals surface area (Å²) in [4.78, 5) is 1.56. The quantitative estimate of drug-likeness (QED) is 0.450. The number of rotatable bonds is 2. The van der Waals surface area contributed by atoms with E-state index in [1.165, 1.54) is 6.08 Å². The zero-order valence-corrected chi connectivity index (χ0v) is 5.89. The van der Waals surface area contributed by atoms with E-state index in [0.717, 1.165) is 0 Å². The second-order valence-electron chi connectivity index (χ2n) is 2.06. The molecular formula is C7H13NO. The minimum Gasteiger partial charge on any atom is -0.495 e. The molecule has 0 saturated carbocycles. The molecule has 0 rings (SSSR count). The second kappa shape index (κ2) is 3.17. The topological polar surface area (TPSA) is 23.5 Å². The Labute approximate surface area is 57.5 Å². The minimum atomic E-state index is 0.123. The van der Waals surface area contributed by atoms with Crippen molar-refractivity contribution in [3.05, 3.63) is 24.1 Å². The molecule has 0 aliphatic heterocycles. The number of aliphatic hydroxyl groups is 1. The molecular weight excluding hydrogens is 114 g/mol. The maximum Gasteiger partial charge on any atom is 0.186 e. The molecule has 1 N–H and O–H groups in total. The van der Waals surface area contributed by atoms with Crippen molar-refractivity contribution >= 4 is 0 Å². The molecule has 0 saturated heterocycles. The van der Waals surface area contributed by atoms with Crippen LogP contribution in [0.5, 0.6) is 0 Å². The molecule has 0 unspecified atom stereocenters. The molecule has 0 aliphatic carbocycles. The van der Waals surface area contributed by atoms with Gasteiger partial charge in [-0.05, 0) is 6.90 Å². The van der Waals surface area contributed by atoms with E-state index in [9.17, 15) is 0 Å². The summed E-state index contributed by atoms with van der Waals surface area (Å²) in [5, 5.41) is 9.07. The van der Waals surface area contributed by atoms with Gasteiger partial charge in [-0.1, -0.05) is 12.2 Å². The fourth-order valence-corrected chi connectivity index (χ4v) is 0.312. The third kappa shape index (κ3) is 3.64. The molecule has 0 aromatic rings. The summed E-state index contributed by atoms with van der Waals surface area (Å²) in [6.07, 6.45) is 1.48. The van der Waals surface area contributed by atoms with Crippen LogP contribution in [0.4, 0.5) is 0 Å². The Kier molecular flexibility index (Phi) is 2.19. The van der Waals surface area contributed by atoms with Gasteiger partial charge >= 0.3 is 0 Å². The van der Waals surface area contributed by atoms with Gasteiger partial charge in [0.05, 0.1) is 0 Å². The first kappa shape index (κ1) is 6.20. The molecule has 0 aromatic carbocycles. The first-order valence-corrected chi connectivity index (χ1v) is 2.63. The maximum absolute atomic E-state index is 9.07. The first-order chi connectivity index (χ1) is 4.57. The molecule has 0 heterocycles. The van der Waals surface area contributed by atoms with Crippen molar-refractivity contribution in [3.8, 4) is 0 Å². The van der Waals surface area contributed by atoms with Gasteiger partial charge in [0, 0.05) is 21.5 Å². The third-order valence-corrected chi connectivity index (χ3v) is 0.791. The Balaban J connectivity index is 4.03. The highest BCUT2D eigenvalue weighted by Crippen LogP contribution is 1.97. The molecule has 0 aliphatic rings. The molecule has 2 heteroatoms. The number of hydrogen-bond acceptors (Lipinski definition) is 2. The third-order valence-electron chi connectivity index (χ3n) is 0.791. The van der Waals surface area contributed by atoms with Crippen molar-refractivity contribution in [3.63, 3.8) is 0 Å². The Morgan fingerprint density at radius 2 is 2.33 bits per heavy atom. The van der Waals surface area contributed by atoms with Crippen LogP contribution in [0.25, 0.3) is 0 Å². The lowest BCUT2D eigenvalue weighted by molar-refractivity contribution is 0.264. The van der Waals surface area contributed by atoms with Crippen LogP contribution in [-0.2, 0) is 0 Å². The van der Waals surface area contributed by atoms with E-state index in [1.807, 2.05) is 0 Å². The van der Waals surface area contributed by atoms with Crippen LogP contribution in [0.2, 0.25) is 0 Å². The van der Waals surface area contributed by atoms with Crippen LogP contribution in [0.3, 0.4) is 0 Å². The first-order valence-electron chi connectivity index (χ1n) is 3.33. The summed E-state index contributed by atoms with van der Waals surface area (Å²) < 4.78 is 6.87. The molecule has 9 heavy (non-hydrogen) atoms. The Morgan fingerprint density at radius 1 is 1.78 bits per heavy atom. The van der Waals surface area contributed by atoms with Crippen molar-refractivity contribution in [1.29, 1.82) is 0 Å². The van der Waals surface area contributed by atoms with E-state index in [4.69, 9.17) is 6.48 Å². The fourth-order valence-electron chi connectivity index (χ4n) is 0.312. The average Bonchev–Trinajstić information content (AvgIpc) is 1.87. The van der Waals surface area contributed by atoms with Crippen LogP contribution < -0.4 is 0 Å². The fraction of sp³-hybridized carbons (Fsp3) is 0.429.